The van der Waals surface area contributed by atoms with E-state index in [4.69, 9.17) is 0 Å². The number of carbonyl (C=O) groups excluding carboxylic acids is 1. The summed E-state index contributed by atoms with van der Waals surface area (Å²) in [5, 5.41) is 21.5. The molecule has 0 N–H and O–H groups in total. The molecule has 0 atom stereocenters. The molecule has 0 fully saturated rings. The molecular weight excluding hydrogens is 298 g/mol. The van der Waals surface area contributed by atoms with Gasteiger partial charge in [0.2, 0.25) is 0 Å². The molecule has 0 aliphatic rings. The second-order valence-electron chi connectivity index (χ2n) is 4.74. The Hall–Kier alpha value is -3.48. The molecule has 0 unspecified atom stereocenters. The van der Waals surface area contributed by atoms with Crippen molar-refractivity contribution in [3.8, 4) is 11.4 Å². The molecule has 114 valence electrons. The Morgan fingerprint density at radius 2 is 2.04 bits per heavy atom. The number of carboxylic acids is 1. The highest BCUT2D eigenvalue weighted by Crippen LogP contribution is 2.26. The fourth-order valence-corrected chi connectivity index (χ4v) is 2.29. The van der Waals surface area contributed by atoms with Crippen LogP contribution < -0.4 is 5.11 Å². The fraction of sp³-hybridized carbons (Fsp3) is 0. The smallest absolute Gasteiger partial charge is 0.270 e. The number of carbonyl (C=O) groups is 1. The molecule has 2 heterocycles. The van der Waals surface area contributed by atoms with Gasteiger partial charge < -0.3 is 9.90 Å². The van der Waals surface area contributed by atoms with Gasteiger partial charge in [-0.05, 0) is 24.3 Å². The Kier molecular flexibility index (Phi) is 3.60. The van der Waals surface area contributed by atoms with E-state index in [0.29, 0.717) is 22.6 Å². The minimum Gasteiger partial charge on any atom is -0.545 e. The van der Waals surface area contributed by atoms with Crippen LogP contribution in [0.25, 0.3) is 23.0 Å². The number of aromatic nitrogens is 2. The number of nitro benzene ring substituents is 1. The summed E-state index contributed by atoms with van der Waals surface area (Å²) in [6.45, 7) is 0. The van der Waals surface area contributed by atoms with E-state index in [1.54, 1.807) is 40.9 Å². The van der Waals surface area contributed by atoms with Gasteiger partial charge in [-0.1, -0.05) is 18.2 Å². The third kappa shape index (κ3) is 2.80. The van der Waals surface area contributed by atoms with Crippen LogP contribution in [-0.4, -0.2) is 20.3 Å². The van der Waals surface area contributed by atoms with Gasteiger partial charge in [0.05, 0.1) is 22.1 Å². The van der Waals surface area contributed by atoms with Crippen LogP contribution in [-0.2, 0) is 4.79 Å². The quantitative estimate of drug-likeness (QED) is 0.414. The Balaban J connectivity index is 2.20. The molecule has 3 rings (SSSR count). The zero-order valence-corrected chi connectivity index (χ0v) is 11.7. The van der Waals surface area contributed by atoms with Crippen LogP contribution in [0.1, 0.15) is 5.69 Å². The molecule has 7 nitrogen and oxygen atoms in total. The number of pyridine rings is 1. The van der Waals surface area contributed by atoms with E-state index in [9.17, 15) is 20.0 Å². The van der Waals surface area contributed by atoms with Crippen molar-refractivity contribution in [1.82, 2.24) is 9.38 Å². The largest absolute Gasteiger partial charge is 0.545 e. The van der Waals surface area contributed by atoms with Gasteiger partial charge in [-0.25, -0.2) is 4.98 Å². The lowest BCUT2D eigenvalue weighted by Crippen LogP contribution is -2.18. The van der Waals surface area contributed by atoms with E-state index in [-0.39, 0.29) is 5.69 Å². The Morgan fingerprint density at radius 1 is 1.22 bits per heavy atom. The van der Waals surface area contributed by atoms with Crippen molar-refractivity contribution in [2.24, 2.45) is 0 Å². The van der Waals surface area contributed by atoms with Gasteiger partial charge in [0.25, 0.3) is 5.69 Å². The number of nitro groups is 1. The lowest BCUT2D eigenvalue weighted by atomic mass is 10.2. The third-order valence-electron chi connectivity index (χ3n) is 3.27. The molecular formula is C16H10N3O4-. The fourth-order valence-electron chi connectivity index (χ4n) is 2.29. The highest BCUT2D eigenvalue weighted by Gasteiger charge is 2.13. The van der Waals surface area contributed by atoms with E-state index in [2.05, 4.69) is 4.98 Å². The number of imidazole rings is 1. The number of benzene rings is 1. The number of fused-ring (bicyclic) bond motifs is 1. The first-order valence-corrected chi connectivity index (χ1v) is 6.67. The van der Waals surface area contributed by atoms with E-state index < -0.39 is 10.9 Å². The number of non-ortho nitro benzene ring substituents is 1. The summed E-state index contributed by atoms with van der Waals surface area (Å²) < 4.78 is 1.74. The first-order valence-electron chi connectivity index (χ1n) is 6.67. The summed E-state index contributed by atoms with van der Waals surface area (Å²) in [7, 11) is 0. The zero-order chi connectivity index (χ0) is 16.4. The first-order chi connectivity index (χ1) is 11.1. The van der Waals surface area contributed by atoms with Crippen molar-refractivity contribution >= 4 is 23.2 Å². The second kappa shape index (κ2) is 5.72. The summed E-state index contributed by atoms with van der Waals surface area (Å²) in [6.07, 6.45) is 3.99. The molecule has 3 aromatic rings. The number of hydrogen-bond donors (Lipinski definition) is 0. The minimum absolute atomic E-state index is 0.0398. The highest BCUT2D eigenvalue weighted by atomic mass is 16.6. The van der Waals surface area contributed by atoms with Gasteiger partial charge in [-0.15, -0.1) is 0 Å². The summed E-state index contributed by atoms with van der Waals surface area (Å²) in [4.78, 5) is 25.4. The number of nitrogens with zero attached hydrogens (tertiary/aromatic N) is 3. The van der Waals surface area contributed by atoms with Crippen LogP contribution in [0.2, 0.25) is 0 Å². The Labute approximate surface area is 130 Å². The lowest BCUT2D eigenvalue weighted by Gasteiger charge is -2.01. The summed E-state index contributed by atoms with van der Waals surface area (Å²) in [5.41, 5.74) is 1.65. The van der Waals surface area contributed by atoms with E-state index in [1.165, 1.54) is 18.2 Å². The topological polar surface area (TPSA) is 101 Å². The van der Waals surface area contributed by atoms with Gasteiger partial charge in [0, 0.05) is 23.9 Å². The molecule has 7 heteroatoms. The summed E-state index contributed by atoms with van der Waals surface area (Å²) in [5.74, 6) is -0.832. The Morgan fingerprint density at radius 3 is 2.78 bits per heavy atom. The second-order valence-corrected chi connectivity index (χ2v) is 4.74. The maximum atomic E-state index is 10.9. The number of rotatable bonds is 4. The average Bonchev–Trinajstić information content (AvgIpc) is 2.92. The maximum Gasteiger partial charge on any atom is 0.270 e. The monoisotopic (exact) mass is 308 g/mol. The number of aliphatic carboxylic acids is 1. The standard InChI is InChI=1S/C16H11N3O4/c20-15(21)8-7-13-14-6-1-2-9-18(14)16(17-13)11-4-3-5-12(10-11)19(22)23/h1-10H,(H,20,21)/p-1. The van der Waals surface area contributed by atoms with Crippen LogP contribution in [0, 0.1) is 10.1 Å². The van der Waals surface area contributed by atoms with Gasteiger partial charge in [-0.2, -0.15) is 0 Å². The first kappa shape index (κ1) is 14.5. The van der Waals surface area contributed by atoms with Crippen molar-refractivity contribution in [2.75, 3.05) is 0 Å². The van der Waals surface area contributed by atoms with E-state index in [0.717, 1.165) is 6.08 Å². The van der Waals surface area contributed by atoms with Crippen LogP contribution in [0.15, 0.2) is 54.7 Å². The molecule has 0 saturated heterocycles. The predicted octanol–water partition coefficient (Wildman–Crippen LogP) is 1.67. The molecule has 0 amide bonds. The van der Waals surface area contributed by atoms with Gasteiger partial charge >= 0.3 is 0 Å². The van der Waals surface area contributed by atoms with Crippen molar-refractivity contribution < 1.29 is 14.8 Å². The van der Waals surface area contributed by atoms with E-state index in [1.807, 2.05) is 0 Å². The van der Waals surface area contributed by atoms with Crippen molar-refractivity contribution in [2.45, 2.75) is 0 Å². The number of carboxylic acid groups (broad SMARTS) is 1. The molecule has 0 bridgehead atoms. The molecule has 23 heavy (non-hydrogen) atoms. The van der Waals surface area contributed by atoms with E-state index >= 15 is 0 Å². The molecule has 0 aliphatic heterocycles. The van der Waals surface area contributed by atoms with Crippen molar-refractivity contribution in [1.29, 1.82) is 0 Å². The summed E-state index contributed by atoms with van der Waals surface area (Å²) >= 11 is 0. The maximum absolute atomic E-state index is 10.9. The molecule has 0 radical (unpaired) electrons. The molecule has 0 spiro atoms. The van der Waals surface area contributed by atoms with Crippen LogP contribution >= 0.6 is 0 Å². The van der Waals surface area contributed by atoms with Crippen LogP contribution in [0.5, 0.6) is 0 Å². The summed E-state index contributed by atoms with van der Waals surface area (Å²) in [6, 6.07) is 11.5. The molecule has 2 aromatic heterocycles. The predicted molar refractivity (Wildman–Crippen MR) is 81.3 cm³/mol. The zero-order valence-electron chi connectivity index (χ0n) is 11.7. The molecule has 0 aliphatic carbocycles. The lowest BCUT2D eigenvalue weighted by molar-refractivity contribution is -0.384. The molecule has 1 aromatic carbocycles. The van der Waals surface area contributed by atoms with Gasteiger partial charge in [-0.3, -0.25) is 14.5 Å². The highest BCUT2D eigenvalue weighted by molar-refractivity contribution is 5.86. The normalized spacial score (nSPS) is 11.1. The third-order valence-corrected chi connectivity index (χ3v) is 3.27. The van der Waals surface area contributed by atoms with Gasteiger partial charge in [0.1, 0.15) is 5.82 Å². The van der Waals surface area contributed by atoms with Crippen LogP contribution in [0.4, 0.5) is 5.69 Å². The van der Waals surface area contributed by atoms with Crippen LogP contribution in [0.3, 0.4) is 0 Å². The minimum atomic E-state index is -1.32. The average molecular weight is 308 g/mol. The van der Waals surface area contributed by atoms with Crippen molar-refractivity contribution in [3.63, 3.8) is 0 Å². The SMILES string of the molecule is O=C([O-])C=Cc1nc(-c2cccc([N+](=O)[O-])c2)n2ccccc12. The Bertz CT molecular complexity index is 943. The molecule has 0 saturated carbocycles. The number of hydrogen-bond acceptors (Lipinski definition) is 5. The van der Waals surface area contributed by atoms with Gasteiger partial charge in [0.15, 0.2) is 0 Å². The van der Waals surface area contributed by atoms with Crippen molar-refractivity contribution in [3.05, 3.63) is 70.5 Å².